The molecule has 5 atom stereocenters. The van der Waals surface area contributed by atoms with Gasteiger partial charge in [-0.25, -0.2) is 0 Å². The first-order valence-electron chi connectivity index (χ1n) is 14.2. The number of ether oxygens (including phenoxy) is 1. The molecule has 0 aliphatic carbocycles. The molecule has 4 rings (SSSR count). The summed E-state index contributed by atoms with van der Waals surface area (Å²) in [7, 11) is 0. The van der Waals surface area contributed by atoms with Crippen molar-refractivity contribution in [1.29, 1.82) is 0 Å². The number of β-amino-alcohol motifs (C(OH)–C–C–N with tert-alkyl or cyclic N) is 1. The molecule has 3 aliphatic heterocycles. The standard InChI is InChI=1S/C31H43N3O5/c1-7-16-32(17-8-2)27(36)23-24-28(37)34(19-20-35)26(31(24)15-14-30(23,10-4)39-31)29(38)33(18-9-3)25-21(5)12-11-13-22(25)6/h7,9,11-13,23-24,26,35H,1,3,8,10,14-20H2,2,4-6H3/t23-,24-,26?,30+,31?/m0/s1. The third-order valence-corrected chi connectivity index (χ3v) is 8.96. The second-order valence-corrected chi connectivity index (χ2v) is 11.1. The fraction of sp³-hybridized carbons (Fsp3) is 0.581. The zero-order valence-corrected chi connectivity index (χ0v) is 23.8. The number of nitrogens with zero attached hydrogens (tertiary/aromatic N) is 3. The van der Waals surface area contributed by atoms with Crippen LogP contribution in [0.5, 0.6) is 0 Å². The number of fused-ring (bicyclic) bond motifs is 1. The number of carbonyl (C=O) groups excluding carboxylic acids is 3. The topological polar surface area (TPSA) is 90.4 Å². The monoisotopic (exact) mass is 537 g/mol. The number of para-hydroxylation sites is 1. The fourth-order valence-electron chi connectivity index (χ4n) is 7.43. The fourth-order valence-corrected chi connectivity index (χ4v) is 7.43. The Morgan fingerprint density at radius 1 is 1.13 bits per heavy atom. The van der Waals surface area contributed by atoms with Gasteiger partial charge in [0.2, 0.25) is 11.8 Å². The van der Waals surface area contributed by atoms with Crippen molar-refractivity contribution in [2.45, 2.75) is 70.6 Å². The van der Waals surface area contributed by atoms with Crippen LogP contribution in [0.1, 0.15) is 50.7 Å². The summed E-state index contributed by atoms with van der Waals surface area (Å²) in [4.78, 5) is 47.8. The molecule has 8 nitrogen and oxygen atoms in total. The summed E-state index contributed by atoms with van der Waals surface area (Å²) in [5.74, 6) is -2.15. The van der Waals surface area contributed by atoms with Gasteiger partial charge >= 0.3 is 0 Å². The number of aliphatic hydroxyl groups is 1. The van der Waals surface area contributed by atoms with Crippen molar-refractivity contribution in [1.82, 2.24) is 9.80 Å². The maximum absolute atomic E-state index is 14.6. The van der Waals surface area contributed by atoms with E-state index in [0.717, 1.165) is 23.2 Å². The Morgan fingerprint density at radius 3 is 2.36 bits per heavy atom. The predicted octanol–water partition coefficient (Wildman–Crippen LogP) is 3.39. The van der Waals surface area contributed by atoms with Crippen LogP contribution in [0.15, 0.2) is 43.5 Å². The van der Waals surface area contributed by atoms with Crippen molar-refractivity contribution in [2.24, 2.45) is 11.8 Å². The maximum atomic E-state index is 14.6. The summed E-state index contributed by atoms with van der Waals surface area (Å²) in [6.07, 6.45) is 5.82. The first-order valence-corrected chi connectivity index (χ1v) is 14.2. The molecule has 1 spiro atoms. The molecule has 1 N–H and O–H groups in total. The lowest BCUT2D eigenvalue weighted by Crippen LogP contribution is -2.57. The van der Waals surface area contributed by atoms with Crippen molar-refractivity contribution in [3.63, 3.8) is 0 Å². The van der Waals surface area contributed by atoms with E-state index in [1.165, 1.54) is 4.90 Å². The molecule has 3 heterocycles. The molecule has 3 fully saturated rings. The first kappa shape index (κ1) is 29.0. The van der Waals surface area contributed by atoms with E-state index < -0.39 is 29.1 Å². The Morgan fingerprint density at radius 2 is 1.79 bits per heavy atom. The average Bonchev–Trinajstić information content (AvgIpc) is 3.51. The van der Waals surface area contributed by atoms with Crippen LogP contribution >= 0.6 is 0 Å². The van der Waals surface area contributed by atoms with Gasteiger partial charge in [-0.2, -0.15) is 0 Å². The number of hydrogen-bond donors (Lipinski definition) is 1. The van der Waals surface area contributed by atoms with E-state index in [4.69, 9.17) is 4.74 Å². The van der Waals surface area contributed by atoms with Crippen LogP contribution in [0.3, 0.4) is 0 Å². The van der Waals surface area contributed by atoms with Gasteiger partial charge in [0.15, 0.2) is 0 Å². The molecule has 8 heteroatoms. The maximum Gasteiger partial charge on any atom is 0.253 e. The van der Waals surface area contributed by atoms with Gasteiger partial charge < -0.3 is 24.5 Å². The number of anilines is 1. The lowest BCUT2D eigenvalue weighted by atomic mass is 9.64. The molecule has 3 saturated heterocycles. The van der Waals surface area contributed by atoms with E-state index in [-0.39, 0.29) is 37.4 Å². The van der Waals surface area contributed by atoms with Crippen LogP contribution in [0.2, 0.25) is 0 Å². The van der Waals surface area contributed by atoms with Crippen LogP contribution in [-0.4, -0.2) is 82.7 Å². The summed E-state index contributed by atoms with van der Waals surface area (Å²) in [6, 6.07) is 4.91. The number of likely N-dealkylation sites (tertiary alicyclic amines) is 1. The summed E-state index contributed by atoms with van der Waals surface area (Å²) in [5, 5.41) is 9.96. The first-order chi connectivity index (χ1) is 18.7. The van der Waals surface area contributed by atoms with Gasteiger partial charge in [0, 0.05) is 31.9 Å². The largest absolute Gasteiger partial charge is 0.395 e. The van der Waals surface area contributed by atoms with E-state index in [9.17, 15) is 19.5 Å². The molecule has 1 aromatic rings. The van der Waals surface area contributed by atoms with Crippen LogP contribution in [0.4, 0.5) is 5.69 Å². The third kappa shape index (κ3) is 4.42. The van der Waals surface area contributed by atoms with Crippen molar-refractivity contribution < 1.29 is 24.2 Å². The molecular weight excluding hydrogens is 494 g/mol. The Labute approximate surface area is 232 Å². The minimum Gasteiger partial charge on any atom is -0.395 e. The van der Waals surface area contributed by atoms with E-state index >= 15 is 0 Å². The zero-order chi connectivity index (χ0) is 28.5. The van der Waals surface area contributed by atoms with E-state index in [2.05, 4.69) is 13.2 Å². The van der Waals surface area contributed by atoms with Gasteiger partial charge in [-0.15, -0.1) is 13.2 Å². The second-order valence-electron chi connectivity index (χ2n) is 11.1. The quantitative estimate of drug-likeness (QED) is 0.413. The number of carbonyl (C=O) groups is 3. The highest BCUT2D eigenvalue weighted by atomic mass is 16.5. The number of hydrogen-bond acceptors (Lipinski definition) is 5. The normalized spacial score (nSPS) is 28.9. The number of aliphatic hydroxyl groups excluding tert-OH is 1. The minimum atomic E-state index is -1.14. The highest BCUT2D eigenvalue weighted by Crippen LogP contribution is 2.64. The molecule has 0 aromatic heterocycles. The molecule has 0 radical (unpaired) electrons. The van der Waals surface area contributed by atoms with Crippen LogP contribution in [0.25, 0.3) is 0 Å². The molecule has 212 valence electrons. The Balaban J connectivity index is 1.84. The second kappa shape index (κ2) is 11.3. The number of rotatable bonds is 12. The predicted molar refractivity (Wildman–Crippen MR) is 151 cm³/mol. The van der Waals surface area contributed by atoms with E-state index in [1.807, 2.05) is 45.9 Å². The molecule has 1 aromatic carbocycles. The van der Waals surface area contributed by atoms with Crippen LogP contribution < -0.4 is 4.90 Å². The lowest BCUT2D eigenvalue weighted by molar-refractivity contribution is -0.151. The van der Waals surface area contributed by atoms with Crippen molar-refractivity contribution >= 4 is 23.4 Å². The summed E-state index contributed by atoms with van der Waals surface area (Å²) in [5.41, 5.74) is 0.709. The van der Waals surface area contributed by atoms with Gasteiger partial charge in [-0.3, -0.25) is 14.4 Å². The molecule has 3 amide bonds. The third-order valence-electron chi connectivity index (χ3n) is 8.96. The summed E-state index contributed by atoms with van der Waals surface area (Å²) < 4.78 is 6.88. The van der Waals surface area contributed by atoms with E-state index in [0.29, 0.717) is 32.4 Å². The Kier molecular flexibility index (Phi) is 8.38. The van der Waals surface area contributed by atoms with Crippen LogP contribution in [-0.2, 0) is 19.1 Å². The Bertz CT molecular complexity index is 1130. The highest BCUT2D eigenvalue weighted by molar-refractivity contribution is 6.05. The zero-order valence-electron chi connectivity index (χ0n) is 23.8. The molecule has 39 heavy (non-hydrogen) atoms. The van der Waals surface area contributed by atoms with Gasteiger partial charge in [0.1, 0.15) is 11.6 Å². The van der Waals surface area contributed by atoms with Crippen molar-refractivity contribution in [3.8, 4) is 0 Å². The molecular formula is C31H43N3O5. The highest BCUT2D eigenvalue weighted by Gasteiger charge is 2.79. The summed E-state index contributed by atoms with van der Waals surface area (Å²) >= 11 is 0. The minimum absolute atomic E-state index is 0.00307. The molecule has 0 saturated carbocycles. The van der Waals surface area contributed by atoms with Gasteiger partial charge in [0.05, 0.1) is 24.0 Å². The van der Waals surface area contributed by atoms with E-state index in [1.54, 1.807) is 22.0 Å². The number of aryl methyl sites for hydroxylation is 2. The van der Waals surface area contributed by atoms with Crippen molar-refractivity contribution in [2.75, 3.05) is 37.7 Å². The van der Waals surface area contributed by atoms with Gasteiger partial charge in [-0.05, 0) is 50.7 Å². The lowest BCUT2D eigenvalue weighted by Gasteiger charge is -2.37. The number of benzene rings is 1. The van der Waals surface area contributed by atoms with Gasteiger partial charge in [0.25, 0.3) is 5.91 Å². The Hall–Kier alpha value is -2.97. The summed E-state index contributed by atoms with van der Waals surface area (Å²) in [6.45, 7) is 16.5. The van der Waals surface area contributed by atoms with Crippen molar-refractivity contribution in [3.05, 3.63) is 54.6 Å². The molecule has 3 aliphatic rings. The van der Waals surface area contributed by atoms with Gasteiger partial charge in [-0.1, -0.05) is 44.2 Å². The molecule has 2 unspecified atom stereocenters. The number of amides is 3. The molecule has 2 bridgehead atoms. The SMILES string of the molecule is C=CCN(CCC)C(=O)[C@@H]1[C@H]2C(=O)N(CCO)C(C(=O)N(CC=C)c3c(C)cccc3C)C23CC[C@@]1(CC)O3. The average molecular weight is 538 g/mol. The smallest absolute Gasteiger partial charge is 0.253 e. The van der Waals surface area contributed by atoms with Crippen LogP contribution in [0, 0.1) is 25.7 Å².